The third kappa shape index (κ3) is 7.79. The summed E-state index contributed by atoms with van der Waals surface area (Å²) in [6.07, 6.45) is 9.22. The number of pyridine rings is 1. The Hall–Kier alpha value is -3.96. The van der Waals surface area contributed by atoms with E-state index in [2.05, 4.69) is 81.6 Å². The number of hydrogen-bond donors (Lipinski definition) is 2. The molecule has 0 bridgehead atoms. The number of aromatic nitrogens is 3. The van der Waals surface area contributed by atoms with Gasteiger partial charge in [0.05, 0.1) is 24.2 Å². The van der Waals surface area contributed by atoms with E-state index in [1.54, 1.807) is 6.07 Å². The van der Waals surface area contributed by atoms with Crippen LogP contribution < -0.4 is 14.8 Å². The predicted molar refractivity (Wildman–Crippen MR) is 185 cm³/mol. The van der Waals surface area contributed by atoms with Crippen molar-refractivity contribution >= 4 is 33.0 Å². The lowest BCUT2D eigenvalue weighted by molar-refractivity contribution is -0.116. The first-order valence-electron chi connectivity index (χ1n) is 16.6. The zero-order chi connectivity index (χ0) is 33.3. The van der Waals surface area contributed by atoms with Crippen molar-refractivity contribution in [3.05, 3.63) is 83.3 Å². The van der Waals surface area contributed by atoms with E-state index in [4.69, 9.17) is 4.74 Å². The maximum absolute atomic E-state index is 13.0. The smallest absolute Gasteiger partial charge is 0.229 e. The summed E-state index contributed by atoms with van der Waals surface area (Å²) in [5, 5.41) is 11.9. The van der Waals surface area contributed by atoms with E-state index in [9.17, 15) is 13.2 Å². The molecular formula is C36H46N6O4S. The monoisotopic (exact) mass is 658 g/mol. The largest absolute Gasteiger partial charge is 0.484 e. The molecule has 3 atom stereocenters. The number of rotatable bonds is 10. The Bertz CT molecular complexity index is 1860. The van der Waals surface area contributed by atoms with Crippen molar-refractivity contribution in [2.24, 2.45) is 0 Å². The highest BCUT2D eigenvalue weighted by atomic mass is 32.2. The minimum Gasteiger partial charge on any atom is -0.484 e. The number of likely N-dealkylation sites (tertiary alicyclic amines) is 1. The third-order valence-electron chi connectivity index (χ3n) is 9.40. The van der Waals surface area contributed by atoms with E-state index in [1.165, 1.54) is 11.1 Å². The summed E-state index contributed by atoms with van der Waals surface area (Å²) in [6.45, 7) is 7.23. The molecule has 2 aromatic heterocycles. The zero-order valence-corrected chi connectivity index (χ0v) is 28.8. The lowest BCUT2D eigenvalue weighted by atomic mass is 9.79. The Morgan fingerprint density at radius 1 is 1.00 bits per heavy atom. The number of hydrogen-bond acceptors (Lipinski definition) is 7. The first kappa shape index (κ1) is 33.0. The molecule has 0 spiro atoms. The lowest BCUT2D eigenvalue weighted by Gasteiger charge is -2.32. The number of sulfonamides is 1. The molecule has 10 nitrogen and oxygen atoms in total. The zero-order valence-electron chi connectivity index (χ0n) is 28.0. The summed E-state index contributed by atoms with van der Waals surface area (Å²) in [5.41, 5.74) is 5.06. The fraction of sp³-hybridized carbons (Fsp3) is 0.472. The molecule has 1 aliphatic carbocycles. The van der Waals surface area contributed by atoms with Crippen molar-refractivity contribution in [1.29, 1.82) is 0 Å². The van der Waals surface area contributed by atoms with Crippen LogP contribution in [0, 0.1) is 0 Å². The van der Waals surface area contributed by atoms with Crippen molar-refractivity contribution in [3.8, 4) is 5.75 Å². The lowest BCUT2D eigenvalue weighted by Crippen LogP contribution is -2.20. The van der Waals surface area contributed by atoms with Gasteiger partial charge >= 0.3 is 0 Å². The second-order valence-corrected chi connectivity index (χ2v) is 15.9. The van der Waals surface area contributed by atoms with Gasteiger partial charge in [0.2, 0.25) is 15.9 Å². The van der Waals surface area contributed by atoms with Gasteiger partial charge in [0, 0.05) is 12.1 Å². The Kier molecular flexibility index (Phi) is 9.31. The maximum Gasteiger partial charge on any atom is 0.229 e. The quantitative estimate of drug-likeness (QED) is 0.189. The molecule has 1 fully saturated rings. The van der Waals surface area contributed by atoms with E-state index < -0.39 is 10.0 Å². The predicted octanol–water partition coefficient (Wildman–Crippen LogP) is 6.97. The summed E-state index contributed by atoms with van der Waals surface area (Å²) in [7, 11) is -1.31. The topological polar surface area (TPSA) is 118 Å². The van der Waals surface area contributed by atoms with Crippen molar-refractivity contribution < 1.29 is 17.9 Å². The molecule has 1 aliphatic heterocycles. The van der Waals surface area contributed by atoms with Crippen LogP contribution in [0.3, 0.4) is 0 Å². The highest BCUT2D eigenvalue weighted by Gasteiger charge is 2.30. The molecule has 0 saturated carbocycles. The molecule has 4 aromatic rings. The maximum atomic E-state index is 13.0. The molecule has 1 amide bonds. The van der Waals surface area contributed by atoms with Crippen molar-refractivity contribution in [2.45, 2.75) is 89.2 Å². The van der Waals surface area contributed by atoms with Gasteiger partial charge in [-0.05, 0) is 110 Å². The normalized spacial score (nSPS) is 20.2. The highest BCUT2D eigenvalue weighted by Crippen LogP contribution is 2.42. The minimum absolute atomic E-state index is 0.0536. The molecule has 47 heavy (non-hydrogen) atoms. The van der Waals surface area contributed by atoms with Gasteiger partial charge < -0.3 is 10.1 Å². The molecule has 2 N–H and O–H groups in total. The van der Waals surface area contributed by atoms with Crippen LogP contribution in [-0.4, -0.2) is 53.7 Å². The van der Waals surface area contributed by atoms with Gasteiger partial charge in [-0.1, -0.05) is 45.0 Å². The molecule has 6 rings (SSSR count). The standard InChI is InChI=1S/C36H46N6O4S/c1-36(2,3)25-20-26(22-27(21-25)40-47(5,44)45)37-34(43)14-8-10-24-15-17-32(30-12-7-6-11-29(24)30)46-28-16-18-33-38-39-35(42(33)23-28)31-13-9-19-41(31)4/h6-7,11-12,16,18,20-24,31-32,40H,8-10,13-15,17,19H2,1-5H3,(H,37,43)/t24-,31-,32+/m0/s1. The number of benzene rings is 2. The number of amides is 1. The number of carbonyl (C=O) groups excluding carboxylic acids is 1. The second kappa shape index (κ2) is 13.3. The highest BCUT2D eigenvalue weighted by molar-refractivity contribution is 7.92. The minimum atomic E-state index is -3.45. The van der Waals surface area contributed by atoms with Gasteiger partial charge in [-0.15, -0.1) is 10.2 Å². The van der Waals surface area contributed by atoms with Gasteiger partial charge in [0.25, 0.3) is 0 Å². The summed E-state index contributed by atoms with van der Waals surface area (Å²) < 4.78 is 35.0. The summed E-state index contributed by atoms with van der Waals surface area (Å²) in [6, 6.07) is 18.1. The molecule has 0 radical (unpaired) electrons. The molecule has 0 unspecified atom stereocenters. The van der Waals surface area contributed by atoms with Gasteiger partial charge in [-0.3, -0.25) is 18.8 Å². The number of carbonyl (C=O) groups is 1. The Labute approximate surface area is 278 Å². The number of nitrogens with zero attached hydrogens (tertiary/aromatic N) is 4. The van der Waals surface area contributed by atoms with Crippen molar-refractivity contribution in [2.75, 3.05) is 29.9 Å². The molecule has 3 heterocycles. The van der Waals surface area contributed by atoms with Crippen LogP contribution in [0.15, 0.2) is 60.8 Å². The molecule has 11 heteroatoms. The average Bonchev–Trinajstić information content (AvgIpc) is 3.62. The molecule has 250 valence electrons. The summed E-state index contributed by atoms with van der Waals surface area (Å²) >= 11 is 0. The third-order valence-corrected chi connectivity index (χ3v) is 10.0. The summed E-state index contributed by atoms with van der Waals surface area (Å²) in [4.78, 5) is 15.4. The van der Waals surface area contributed by atoms with Gasteiger partial charge in [0.1, 0.15) is 11.9 Å². The molecular weight excluding hydrogens is 613 g/mol. The Morgan fingerprint density at radius 3 is 2.49 bits per heavy atom. The van der Waals surface area contributed by atoms with E-state index in [-0.39, 0.29) is 23.5 Å². The number of nitrogens with one attached hydrogen (secondary N) is 2. The SMILES string of the molecule is CN1CCC[C@H]1c1nnc2ccc(O[C@@H]3CC[C@H](CCCC(=O)Nc4cc(NS(C)(=O)=O)cc(C(C)(C)C)c4)c4ccccc43)cn12. The Morgan fingerprint density at radius 2 is 1.77 bits per heavy atom. The fourth-order valence-electron chi connectivity index (χ4n) is 6.99. The van der Waals surface area contributed by atoms with Crippen molar-refractivity contribution in [3.63, 3.8) is 0 Å². The first-order valence-corrected chi connectivity index (χ1v) is 18.5. The number of fused-ring (bicyclic) bond motifs is 2. The average molecular weight is 659 g/mol. The Balaban J connectivity index is 1.09. The van der Waals surface area contributed by atoms with Crippen LogP contribution in [0.5, 0.6) is 5.75 Å². The molecule has 1 saturated heterocycles. The van der Waals surface area contributed by atoms with Gasteiger partial charge in [-0.2, -0.15) is 0 Å². The van der Waals surface area contributed by atoms with Crippen molar-refractivity contribution in [1.82, 2.24) is 19.5 Å². The summed E-state index contributed by atoms with van der Waals surface area (Å²) in [5.74, 6) is 2.03. The van der Waals surface area contributed by atoms with Gasteiger partial charge in [0.15, 0.2) is 11.5 Å². The van der Waals surface area contributed by atoms with Crippen LogP contribution in [0.4, 0.5) is 11.4 Å². The number of ether oxygens (including phenoxy) is 1. The number of anilines is 2. The van der Waals surface area contributed by atoms with Gasteiger partial charge in [-0.25, -0.2) is 8.42 Å². The van der Waals surface area contributed by atoms with E-state index in [0.29, 0.717) is 23.7 Å². The van der Waals surface area contributed by atoms with Crippen LogP contribution in [0.1, 0.15) is 106 Å². The fourth-order valence-corrected chi connectivity index (χ4v) is 7.53. The van der Waals surface area contributed by atoms with Crippen LogP contribution in [0.2, 0.25) is 0 Å². The molecule has 2 aromatic carbocycles. The van der Waals surface area contributed by atoms with E-state index >= 15 is 0 Å². The van der Waals surface area contributed by atoms with Crippen LogP contribution >= 0.6 is 0 Å². The molecule has 2 aliphatic rings. The van der Waals surface area contributed by atoms with E-state index in [0.717, 1.165) is 74.1 Å². The van der Waals surface area contributed by atoms with Crippen LogP contribution in [-0.2, 0) is 20.2 Å². The first-order chi connectivity index (χ1) is 22.3. The second-order valence-electron chi connectivity index (χ2n) is 14.2. The van der Waals surface area contributed by atoms with Crippen LogP contribution in [0.25, 0.3) is 5.65 Å². The van der Waals surface area contributed by atoms with E-state index in [1.807, 2.05) is 30.5 Å².